The summed E-state index contributed by atoms with van der Waals surface area (Å²) >= 11 is 0. The second-order valence-electron chi connectivity index (χ2n) is 3.16. The summed E-state index contributed by atoms with van der Waals surface area (Å²) in [4.78, 5) is 10.3. The first kappa shape index (κ1) is 11.5. The molecule has 0 heterocycles. The fourth-order valence-corrected chi connectivity index (χ4v) is 1.18. The van der Waals surface area contributed by atoms with E-state index >= 15 is 0 Å². The summed E-state index contributed by atoms with van der Waals surface area (Å²) in [5.74, 6) is -0.932. The predicted octanol–water partition coefficient (Wildman–Crippen LogP) is 1.97. The van der Waals surface area contributed by atoms with E-state index in [1.807, 2.05) is 24.3 Å². The van der Waals surface area contributed by atoms with E-state index in [0.717, 1.165) is 18.1 Å². The molecule has 0 spiro atoms. The molecule has 0 fully saturated rings. The number of rotatable bonds is 5. The van der Waals surface area contributed by atoms with Crippen LogP contribution in [0.25, 0.3) is 6.08 Å². The summed E-state index contributed by atoms with van der Waals surface area (Å²) in [6.45, 7) is 0.699. The van der Waals surface area contributed by atoms with Crippen molar-refractivity contribution in [2.75, 3.05) is 13.7 Å². The molecule has 1 rings (SSSR count). The summed E-state index contributed by atoms with van der Waals surface area (Å²) in [5.41, 5.74) is 2.07. The van der Waals surface area contributed by atoms with Crippen LogP contribution in [0, 0.1) is 0 Å². The normalized spacial score (nSPS) is 10.7. The molecule has 0 amide bonds. The Kier molecular flexibility index (Phi) is 4.57. The van der Waals surface area contributed by atoms with Gasteiger partial charge in [0.1, 0.15) is 0 Å². The van der Waals surface area contributed by atoms with Crippen LogP contribution in [0.3, 0.4) is 0 Å². The average molecular weight is 206 g/mol. The zero-order valence-electron chi connectivity index (χ0n) is 8.64. The molecule has 0 unspecified atom stereocenters. The Labute approximate surface area is 89.0 Å². The van der Waals surface area contributed by atoms with Gasteiger partial charge in [0.25, 0.3) is 0 Å². The number of ether oxygens (including phenoxy) is 1. The van der Waals surface area contributed by atoms with Crippen molar-refractivity contribution in [3.63, 3.8) is 0 Å². The topological polar surface area (TPSA) is 46.5 Å². The lowest BCUT2D eigenvalue weighted by Gasteiger charge is -2.00. The fourth-order valence-electron chi connectivity index (χ4n) is 1.18. The highest BCUT2D eigenvalue weighted by atomic mass is 16.5. The van der Waals surface area contributed by atoms with Crippen LogP contribution in [0.5, 0.6) is 0 Å². The predicted molar refractivity (Wildman–Crippen MR) is 58.7 cm³/mol. The van der Waals surface area contributed by atoms with Gasteiger partial charge in [-0.3, -0.25) is 0 Å². The third kappa shape index (κ3) is 4.42. The highest BCUT2D eigenvalue weighted by Gasteiger charge is 1.93. The van der Waals surface area contributed by atoms with Gasteiger partial charge in [-0.1, -0.05) is 24.3 Å². The van der Waals surface area contributed by atoms with Crippen LogP contribution in [0.1, 0.15) is 11.1 Å². The second kappa shape index (κ2) is 5.98. The monoisotopic (exact) mass is 206 g/mol. The van der Waals surface area contributed by atoms with Crippen molar-refractivity contribution in [1.82, 2.24) is 0 Å². The number of carbonyl (C=O) groups is 1. The van der Waals surface area contributed by atoms with E-state index in [-0.39, 0.29) is 0 Å². The minimum absolute atomic E-state index is 0.699. The first-order chi connectivity index (χ1) is 7.22. The van der Waals surface area contributed by atoms with Crippen molar-refractivity contribution in [3.8, 4) is 0 Å². The number of methoxy groups -OCH3 is 1. The third-order valence-electron chi connectivity index (χ3n) is 1.99. The molecule has 0 aliphatic heterocycles. The summed E-state index contributed by atoms with van der Waals surface area (Å²) in [7, 11) is 1.67. The zero-order chi connectivity index (χ0) is 11.1. The molecule has 1 N–H and O–H groups in total. The second-order valence-corrected chi connectivity index (χ2v) is 3.16. The molecule has 0 atom stereocenters. The van der Waals surface area contributed by atoms with Crippen LogP contribution in [0.4, 0.5) is 0 Å². The molecule has 0 saturated heterocycles. The Morgan fingerprint density at radius 3 is 2.60 bits per heavy atom. The van der Waals surface area contributed by atoms with E-state index in [4.69, 9.17) is 9.84 Å². The van der Waals surface area contributed by atoms with Gasteiger partial charge >= 0.3 is 5.97 Å². The zero-order valence-corrected chi connectivity index (χ0v) is 8.64. The van der Waals surface area contributed by atoms with Crippen molar-refractivity contribution in [2.45, 2.75) is 6.42 Å². The number of benzene rings is 1. The lowest BCUT2D eigenvalue weighted by molar-refractivity contribution is -0.131. The molecular weight excluding hydrogens is 192 g/mol. The highest BCUT2D eigenvalue weighted by Crippen LogP contribution is 2.06. The van der Waals surface area contributed by atoms with Gasteiger partial charge in [0.15, 0.2) is 0 Å². The molecule has 0 radical (unpaired) electrons. The van der Waals surface area contributed by atoms with Gasteiger partial charge in [0, 0.05) is 13.2 Å². The molecule has 0 aliphatic rings. The van der Waals surface area contributed by atoms with Crippen LogP contribution in [0.15, 0.2) is 30.3 Å². The number of carboxylic acids is 1. The number of aliphatic carboxylic acids is 1. The SMILES string of the molecule is COCCc1ccc(C=CC(=O)O)cc1. The molecule has 80 valence electrons. The van der Waals surface area contributed by atoms with Crippen molar-refractivity contribution < 1.29 is 14.6 Å². The van der Waals surface area contributed by atoms with Crippen LogP contribution >= 0.6 is 0 Å². The molecule has 0 aromatic heterocycles. The van der Waals surface area contributed by atoms with Gasteiger partial charge in [-0.2, -0.15) is 0 Å². The quantitative estimate of drug-likeness (QED) is 0.749. The summed E-state index contributed by atoms with van der Waals surface area (Å²) in [5, 5.41) is 8.44. The van der Waals surface area contributed by atoms with E-state index in [2.05, 4.69) is 0 Å². The highest BCUT2D eigenvalue weighted by molar-refractivity contribution is 5.85. The van der Waals surface area contributed by atoms with Gasteiger partial charge in [-0.05, 0) is 23.6 Å². The van der Waals surface area contributed by atoms with Gasteiger partial charge in [0.05, 0.1) is 6.61 Å². The molecule has 0 bridgehead atoms. The van der Waals surface area contributed by atoms with E-state index in [0.29, 0.717) is 6.61 Å². The average Bonchev–Trinajstić information content (AvgIpc) is 2.25. The lowest BCUT2D eigenvalue weighted by atomic mass is 10.1. The smallest absolute Gasteiger partial charge is 0.328 e. The first-order valence-corrected chi connectivity index (χ1v) is 4.71. The first-order valence-electron chi connectivity index (χ1n) is 4.71. The van der Waals surface area contributed by atoms with E-state index < -0.39 is 5.97 Å². The molecule has 0 saturated carbocycles. The Hall–Kier alpha value is -1.61. The van der Waals surface area contributed by atoms with Crippen LogP contribution in [-0.2, 0) is 16.0 Å². The maximum atomic E-state index is 10.3. The van der Waals surface area contributed by atoms with Gasteiger partial charge in [0.2, 0.25) is 0 Å². The van der Waals surface area contributed by atoms with Crippen molar-refractivity contribution in [3.05, 3.63) is 41.5 Å². The van der Waals surface area contributed by atoms with Crippen molar-refractivity contribution >= 4 is 12.0 Å². The van der Waals surface area contributed by atoms with Crippen LogP contribution in [0.2, 0.25) is 0 Å². The Bertz CT molecular complexity index is 338. The van der Waals surface area contributed by atoms with Gasteiger partial charge in [-0.25, -0.2) is 4.79 Å². The van der Waals surface area contributed by atoms with Crippen LogP contribution in [-0.4, -0.2) is 24.8 Å². The summed E-state index contributed by atoms with van der Waals surface area (Å²) in [6, 6.07) is 7.73. The molecular formula is C12H14O3. The van der Waals surface area contributed by atoms with Gasteiger partial charge in [-0.15, -0.1) is 0 Å². The molecule has 3 nitrogen and oxygen atoms in total. The van der Waals surface area contributed by atoms with E-state index in [1.54, 1.807) is 13.2 Å². The standard InChI is InChI=1S/C12H14O3/c1-15-9-8-11-4-2-10(3-5-11)6-7-12(13)14/h2-7H,8-9H2,1H3,(H,13,14). The molecule has 1 aromatic rings. The van der Waals surface area contributed by atoms with E-state index in [9.17, 15) is 4.79 Å². The maximum absolute atomic E-state index is 10.3. The molecule has 15 heavy (non-hydrogen) atoms. The fraction of sp³-hybridized carbons (Fsp3) is 0.250. The van der Waals surface area contributed by atoms with Crippen molar-refractivity contribution in [2.24, 2.45) is 0 Å². The number of hydrogen-bond donors (Lipinski definition) is 1. The summed E-state index contributed by atoms with van der Waals surface area (Å²) < 4.78 is 4.96. The molecule has 3 heteroatoms. The van der Waals surface area contributed by atoms with Gasteiger partial charge < -0.3 is 9.84 Å². The van der Waals surface area contributed by atoms with Crippen LogP contribution < -0.4 is 0 Å². The summed E-state index contributed by atoms with van der Waals surface area (Å²) in [6.07, 6.45) is 3.58. The lowest BCUT2D eigenvalue weighted by Crippen LogP contribution is -1.93. The van der Waals surface area contributed by atoms with E-state index in [1.165, 1.54) is 5.56 Å². The molecule has 0 aliphatic carbocycles. The number of hydrogen-bond acceptors (Lipinski definition) is 2. The maximum Gasteiger partial charge on any atom is 0.328 e. The van der Waals surface area contributed by atoms with Crippen molar-refractivity contribution in [1.29, 1.82) is 0 Å². The largest absolute Gasteiger partial charge is 0.478 e. The Balaban J connectivity index is 2.60. The Morgan fingerprint density at radius 2 is 2.07 bits per heavy atom. The minimum Gasteiger partial charge on any atom is -0.478 e. The third-order valence-corrected chi connectivity index (χ3v) is 1.99. The minimum atomic E-state index is -0.932. The molecule has 1 aromatic carbocycles. The number of carboxylic acid groups (broad SMARTS) is 1. The Morgan fingerprint density at radius 1 is 1.40 bits per heavy atom.